The van der Waals surface area contributed by atoms with Crippen molar-refractivity contribution in [2.24, 2.45) is 0 Å². The van der Waals surface area contributed by atoms with Crippen molar-refractivity contribution in [2.75, 3.05) is 39.4 Å². The summed E-state index contributed by atoms with van der Waals surface area (Å²) in [6, 6.07) is 10.5. The van der Waals surface area contributed by atoms with Crippen LogP contribution in [0.25, 0.3) is 0 Å². The Morgan fingerprint density at radius 3 is 2.64 bits per heavy atom. The van der Waals surface area contributed by atoms with E-state index in [0.717, 1.165) is 71.5 Å². The van der Waals surface area contributed by atoms with Crippen molar-refractivity contribution in [3.63, 3.8) is 0 Å². The second-order valence-corrected chi connectivity index (χ2v) is 7.42. The molecule has 0 atom stereocenters. The summed E-state index contributed by atoms with van der Waals surface area (Å²) in [5.41, 5.74) is 1.46. The molecule has 25 heavy (non-hydrogen) atoms. The van der Waals surface area contributed by atoms with Crippen molar-refractivity contribution in [3.05, 3.63) is 35.9 Å². The van der Waals surface area contributed by atoms with Crippen LogP contribution >= 0.6 is 0 Å². The van der Waals surface area contributed by atoms with Gasteiger partial charge in [0, 0.05) is 44.8 Å². The number of carbonyl (C=O) groups excluding carboxylic acids is 1. The lowest BCUT2D eigenvalue weighted by atomic mass is 9.87. The predicted molar refractivity (Wildman–Crippen MR) is 101 cm³/mol. The summed E-state index contributed by atoms with van der Waals surface area (Å²) < 4.78 is 5.61. The molecule has 2 fully saturated rings. The third-order valence-corrected chi connectivity index (χ3v) is 5.87. The largest absolute Gasteiger partial charge is 0.381 e. The van der Waals surface area contributed by atoms with Gasteiger partial charge in [0.1, 0.15) is 0 Å². The molecule has 2 heterocycles. The Bertz CT molecular complexity index is 540. The molecule has 0 saturated carbocycles. The number of ether oxygens (including phenoxy) is 1. The maximum atomic E-state index is 12.8. The molecule has 4 nitrogen and oxygen atoms in total. The van der Waals surface area contributed by atoms with E-state index >= 15 is 0 Å². The number of amides is 1. The van der Waals surface area contributed by atoms with Crippen molar-refractivity contribution >= 4 is 5.91 Å². The van der Waals surface area contributed by atoms with Crippen LogP contribution in [0.5, 0.6) is 0 Å². The number of hydrogen-bond acceptors (Lipinski definition) is 3. The Kier molecular flexibility index (Phi) is 6.49. The fraction of sp³-hybridized carbons (Fsp3) is 0.667. The van der Waals surface area contributed by atoms with E-state index in [9.17, 15) is 4.79 Å². The standard InChI is InChI=1S/C21H32N2O2/c1-2-23-15-7-14-22(18-21(23)12-16-25-17-13-21)20(24)11-6-10-19-8-4-3-5-9-19/h3-5,8-9H,2,6-7,10-18H2,1H3. The normalized spacial score (nSPS) is 21.2. The van der Waals surface area contributed by atoms with Gasteiger partial charge in [-0.1, -0.05) is 37.3 Å². The molecule has 0 radical (unpaired) electrons. The Balaban J connectivity index is 1.57. The van der Waals surface area contributed by atoms with Crippen LogP contribution in [0, 0.1) is 0 Å². The van der Waals surface area contributed by atoms with E-state index in [1.807, 2.05) is 6.07 Å². The number of aryl methyl sites for hydroxylation is 1. The van der Waals surface area contributed by atoms with Crippen LogP contribution in [0.15, 0.2) is 30.3 Å². The number of benzene rings is 1. The topological polar surface area (TPSA) is 32.8 Å². The summed E-state index contributed by atoms with van der Waals surface area (Å²) >= 11 is 0. The van der Waals surface area contributed by atoms with Gasteiger partial charge < -0.3 is 9.64 Å². The second kappa shape index (κ2) is 8.81. The molecule has 138 valence electrons. The zero-order valence-corrected chi connectivity index (χ0v) is 15.6. The van der Waals surface area contributed by atoms with E-state index in [4.69, 9.17) is 4.74 Å². The van der Waals surface area contributed by atoms with Crippen LogP contribution in [-0.4, -0.2) is 60.6 Å². The molecule has 2 aliphatic rings. The molecule has 0 N–H and O–H groups in total. The summed E-state index contributed by atoms with van der Waals surface area (Å²) in [5, 5.41) is 0. The molecule has 2 aliphatic heterocycles. The number of rotatable bonds is 5. The Hall–Kier alpha value is -1.39. The van der Waals surface area contributed by atoms with E-state index < -0.39 is 0 Å². The van der Waals surface area contributed by atoms with Crippen molar-refractivity contribution in [2.45, 2.75) is 51.0 Å². The number of likely N-dealkylation sites (N-methyl/N-ethyl adjacent to an activating group) is 1. The smallest absolute Gasteiger partial charge is 0.222 e. The second-order valence-electron chi connectivity index (χ2n) is 7.42. The lowest BCUT2D eigenvalue weighted by molar-refractivity contribution is -0.133. The number of carbonyl (C=O) groups is 1. The van der Waals surface area contributed by atoms with E-state index in [1.165, 1.54) is 5.56 Å². The average molecular weight is 344 g/mol. The molecule has 0 aromatic heterocycles. The van der Waals surface area contributed by atoms with Gasteiger partial charge in [0.15, 0.2) is 0 Å². The molecule has 1 amide bonds. The van der Waals surface area contributed by atoms with Gasteiger partial charge in [-0.25, -0.2) is 0 Å². The maximum Gasteiger partial charge on any atom is 0.222 e. The summed E-state index contributed by atoms with van der Waals surface area (Å²) in [4.78, 5) is 17.6. The summed E-state index contributed by atoms with van der Waals surface area (Å²) in [6.07, 6.45) is 5.77. The Labute approximate surface area is 152 Å². The molecule has 2 saturated heterocycles. The van der Waals surface area contributed by atoms with E-state index in [0.29, 0.717) is 12.3 Å². The molecule has 4 heteroatoms. The highest BCUT2D eigenvalue weighted by Gasteiger charge is 2.41. The molecule has 0 aliphatic carbocycles. The lowest BCUT2D eigenvalue weighted by Crippen LogP contribution is -2.57. The van der Waals surface area contributed by atoms with Crippen LogP contribution in [0.1, 0.15) is 44.6 Å². The molecule has 1 aromatic carbocycles. The van der Waals surface area contributed by atoms with Crippen molar-refractivity contribution < 1.29 is 9.53 Å². The molecule has 1 aromatic rings. The van der Waals surface area contributed by atoms with Gasteiger partial charge in [-0.3, -0.25) is 9.69 Å². The first-order chi connectivity index (χ1) is 12.2. The molecular formula is C21H32N2O2. The van der Waals surface area contributed by atoms with Crippen molar-refractivity contribution in [1.82, 2.24) is 9.80 Å². The lowest BCUT2D eigenvalue weighted by Gasteiger charge is -2.46. The average Bonchev–Trinajstić information content (AvgIpc) is 2.82. The van der Waals surface area contributed by atoms with Gasteiger partial charge in [-0.2, -0.15) is 0 Å². The molecule has 3 rings (SSSR count). The van der Waals surface area contributed by atoms with E-state index in [2.05, 4.69) is 41.0 Å². The first kappa shape index (κ1) is 18.4. The Morgan fingerprint density at radius 1 is 1.16 bits per heavy atom. The fourth-order valence-corrected chi connectivity index (χ4v) is 4.40. The highest BCUT2D eigenvalue weighted by Crippen LogP contribution is 2.31. The van der Waals surface area contributed by atoms with Crippen molar-refractivity contribution in [3.8, 4) is 0 Å². The van der Waals surface area contributed by atoms with Crippen LogP contribution in [0.2, 0.25) is 0 Å². The minimum absolute atomic E-state index is 0.137. The predicted octanol–water partition coefficient (Wildman–Crippen LogP) is 3.11. The third-order valence-electron chi connectivity index (χ3n) is 5.87. The first-order valence-corrected chi connectivity index (χ1v) is 9.88. The SMILES string of the molecule is CCN1CCCN(C(=O)CCCc2ccccc2)CC12CCOCC2. The minimum Gasteiger partial charge on any atom is -0.381 e. The monoisotopic (exact) mass is 344 g/mol. The van der Waals surface area contributed by atoms with E-state index in [-0.39, 0.29) is 5.54 Å². The van der Waals surface area contributed by atoms with Gasteiger partial charge in [0.25, 0.3) is 0 Å². The van der Waals surface area contributed by atoms with Gasteiger partial charge in [-0.05, 0) is 44.2 Å². The highest BCUT2D eigenvalue weighted by atomic mass is 16.5. The molecular weight excluding hydrogens is 312 g/mol. The minimum atomic E-state index is 0.137. The van der Waals surface area contributed by atoms with Gasteiger partial charge >= 0.3 is 0 Å². The fourth-order valence-electron chi connectivity index (χ4n) is 4.40. The number of nitrogens with zero attached hydrogens (tertiary/aromatic N) is 2. The third kappa shape index (κ3) is 4.62. The van der Waals surface area contributed by atoms with Gasteiger partial charge in [0.2, 0.25) is 5.91 Å². The quantitative estimate of drug-likeness (QED) is 0.823. The summed E-state index contributed by atoms with van der Waals surface area (Å²) in [7, 11) is 0. The zero-order chi connectivity index (χ0) is 17.5. The van der Waals surface area contributed by atoms with Crippen LogP contribution in [-0.2, 0) is 16.0 Å². The van der Waals surface area contributed by atoms with Crippen LogP contribution < -0.4 is 0 Å². The van der Waals surface area contributed by atoms with Gasteiger partial charge in [-0.15, -0.1) is 0 Å². The highest BCUT2D eigenvalue weighted by molar-refractivity contribution is 5.76. The first-order valence-electron chi connectivity index (χ1n) is 9.88. The molecule has 1 spiro atoms. The van der Waals surface area contributed by atoms with E-state index in [1.54, 1.807) is 0 Å². The van der Waals surface area contributed by atoms with Crippen molar-refractivity contribution in [1.29, 1.82) is 0 Å². The Morgan fingerprint density at radius 2 is 1.92 bits per heavy atom. The van der Waals surface area contributed by atoms with Crippen LogP contribution in [0.3, 0.4) is 0 Å². The van der Waals surface area contributed by atoms with Gasteiger partial charge in [0.05, 0.1) is 0 Å². The summed E-state index contributed by atoms with van der Waals surface area (Å²) in [5.74, 6) is 0.333. The molecule has 0 unspecified atom stereocenters. The zero-order valence-electron chi connectivity index (χ0n) is 15.6. The summed E-state index contributed by atoms with van der Waals surface area (Å²) in [6.45, 7) is 7.85. The van der Waals surface area contributed by atoms with Crippen LogP contribution in [0.4, 0.5) is 0 Å². The maximum absolute atomic E-state index is 12.8. The molecule has 0 bridgehead atoms. The number of hydrogen-bond donors (Lipinski definition) is 0.